The SMILES string of the molecule is Cc1c(CCC(=O)NC(Cc2c[nH]c3ccccc23)C(=O)NCC(=O)O)c(=O)oc2c(C)c(O)ccc12. The van der Waals surface area contributed by atoms with Crippen molar-refractivity contribution in [2.45, 2.75) is 39.2 Å². The Hall–Kier alpha value is -4.60. The van der Waals surface area contributed by atoms with Crippen molar-refractivity contribution in [2.24, 2.45) is 0 Å². The number of nitrogens with one attached hydrogen (secondary N) is 3. The number of rotatable bonds is 9. The van der Waals surface area contributed by atoms with Crippen LogP contribution in [-0.4, -0.2) is 45.6 Å². The number of phenolic OH excluding ortho intramolecular Hbond substituents is 1. The highest BCUT2D eigenvalue weighted by Gasteiger charge is 2.24. The molecular formula is C27H27N3O7. The predicted molar refractivity (Wildman–Crippen MR) is 137 cm³/mol. The molecule has 4 aromatic rings. The van der Waals surface area contributed by atoms with Crippen molar-refractivity contribution in [3.8, 4) is 5.75 Å². The van der Waals surface area contributed by atoms with Crippen LogP contribution in [0.5, 0.6) is 5.75 Å². The van der Waals surface area contributed by atoms with E-state index in [9.17, 15) is 24.3 Å². The van der Waals surface area contributed by atoms with Crippen LogP contribution in [0, 0.1) is 13.8 Å². The van der Waals surface area contributed by atoms with Crippen LogP contribution >= 0.6 is 0 Å². The number of benzene rings is 2. The Balaban J connectivity index is 1.52. The summed E-state index contributed by atoms with van der Waals surface area (Å²) in [7, 11) is 0. The van der Waals surface area contributed by atoms with Crippen LogP contribution in [0.2, 0.25) is 0 Å². The Labute approximate surface area is 211 Å². The van der Waals surface area contributed by atoms with E-state index in [2.05, 4.69) is 15.6 Å². The van der Waals surface area contributed by atoms with Crippen molar-refractivity contribution < 1.29 is 29.0 Å². The van der Waals surface area contributed by atoms with Crippen molar-refractivity contribution in [1.82, 2.24) is 15.6 Å². The third-order valence-electron chi connectivity index (χ3n) is 6.44. The van der Waals surface area contributed by atoms with Crippen LogP contribution in [0.3, 0.4) is 0 Å². The second-order valence-electron chi connectivity index (χ2n) is 8.87. The molecule has 0 fully saturated rings. The summed E-state index contributed by atoms with van der Waals surface area (Å²) in [6, 6.07) is 9.66. The third kappa shape index (κ3) is 5.48. The first-order valence-electron chi connectivity index (χ1n) is 11.7. The topological polar surface area (TPSA) is 162 Å². The number of aromatic nitrogens is 1. The lowest BCUT2D eigenvalue weighted by atomic mass is 10.00. The molecule has 10 nitrogen and oxygen atoms in total. The largest absolute Gasteiger partial charge is 0.508 e. The molecule has 5 N–H and O–H groups in total. The number of phenols is 1. The van der Waals surface area contributed by atoms with Gasteiger partial charge >= 0.3 is 11.6 Å². The number of carbonyl (C=O) groups is 3. The van der Waals surface area contributed by atoms with Crippen molar-refractivity contribution in [3.63, 3.8) is 0 Å². The fraction of sp³-hybridized carbons (Fsp3) is 0.259. The number of hydrogen-bond donors (Lipinski definition) is 5. The van der Waals surface area contributed by atoms with Gasteiger partial charge in [0.2, 0.25) is 11.8 Å². The number of aryl methyl sites for hydroxylation is 2. The predicted octanol–water partition coefficient (Wildman–Crippen LogP) is 2.46. The molecule has 10 heteroatoms. The number of hydrogen-bond acceptors (Lipinski definition) is 6. The van der Waals surface area contributed by atoms with Gasteiger partial charge in [-0.1, -0.05) is 18.2 Å². The number of aromatic amines is 1. The van der Waals surface area contributed by atoms with E-state index in [-0.39, 0.29) is 25.0 Å². The van der Waals surface area contributed by atoms with Crippen LogP contribution in [-0.2, 0) is 27.2 Å². The molecule has 0 aliphatic rings. The molecule has 0 bridgehead atoms. The molecule has 2 heterocycles. The van der Waals surface area contributed by atoms with Gasteiger partial charge in [0.15, 0.2) is 0 Å². The number of carbonyl (C=O) groups excluding carboxylic acids is 2. The zero-order chi connectivity index (χ0) is 26.7. The number of carboxylic acids is 1. The van der Waals surface area contributed by atoms with E-state index in [4.69, 9.17) is 9.52 Å². The molecule has 4 rings (SSSR count). The molecule has 192 valence electrons. The van der Waals surface area contributed by atoms with Gasteiger partial charge in [-0.15, -0.1) is 0 Å². The summed E-state index contributed by atoms with van der Waals surface area (Å²) in [5, 5.41) is 25.4. The highest BCUT2D eigenvalue weighted by atomic mass is 16.4. The summed E-state index contributed by atoms with van der Waals surface area (Å²) in [4.78, 5) is 52.3. The zero-order valence-electron chi connectivity index (χ0n) is 20.4. The molecular weight excluding hydrogens is 478 g/mol. The van der Waals surface area contributed by atoms with Crippen LogP contribution < -0.4 is 16.3 Å². The average molecular weight is 506 g/mol. The molecule has 0 radical (unpaired) electrons. The van der Waals surface area contributed by atoms with E-state index in [1.54, 1.807) is 26.1 Å². The van der Waals surface area contributed by atoms with Crippen molar-refractivity contribution in [1.29, 1.82) is 0 Å². The maximum Gasteiger partial charge on any atom is 0.339 e. The fourth-order valence-corrected chi connectivity index (χ4v) is 4.39. The summed E-state index contributed by atoms with van der Waals surface area (Å²) < 4.78 is 5.43. The smallest absolute Gasteiger partial charge is 0.339 e. The summed E-state index contributed by atoms with van der Waals surface area (Å²) in [6.07, 6.45) is 1.87. The monoisotopic (exact) mass is 505 g/mol. The maximum absolute atomic E-state index is 12.9. The molecule has 2 amide bonds. The van der Waals surface area contributed by atoms with E-state index >= 15 is 0 Å². The Morgan fingerprint density at radius 3 is 2.57 bits per heavy atom. The van der Waals surface area contributed by atoms with Crippen LogP contribution in [0.1, 0.15) is 28.7 Å². The number of fused-ring (bicyclic) bond motifs is 2. The molecule has 0 aliphatic carbocycles. The normalized spacial score (nSPS) is 11.9. The van der Waals surface area contributed by atoms with Gasteiger partial charge in [0, 0.05) is 46.5 Å². The lowest BCUT2D eigenvalue weighted by Gasteiger charge is -2.18. The average Bonchev–Trinajstić information content (AvgIpc) is 3.27. The van der Waals surface area contributed by atoms with E-state index in [1.165, 1.54) is 6.07 Å². The Kier molecular flexibility index (Phi) is 7.28. The second-order valence-corrected chi connectivity index (χ2v) is 8.87. The quantitative estimate of drug-likeness (QED) is 0.218. The van der Waals surface area contributed by atoms with E-state index in [0.29, 0.717) is 27.7 Å². The molecule has 0 saturated heterocycles. The van der Waals surface area contributed by atoms with Gasteiger partial charge < -0.3 is 30.2 Å². The third-order valence-corrected chi connectivity index (χ3v) is 6.44. The first-order valence-corrected chi connectivity index (χ1v) is 11.7. The Bertz CT molecular complexity index is 1570. The minimum absolute atomic E-state index is 0.0181. The zero-order valence-corrected chi connectivity index (χ0v) is 20.4. The first kappa shape index (κ1) is 25.5. The van der Waals surface area contributed by atoms with Gasteiger partial charge in [-0.3, -0.25) is 14.4 Å². The molecule has 0 aliphatic heterocycles. The highest BCUT2D eigenvalue weighted by Crippen LogP contribution is 2.28. The fourth-order valence-electron chi connectivity index (χ4n) is 4.39. The summed E-state index contributed by atoms with van der Waals surface area (Å²) in [5.74, 6) is -2.29. The van der Waals surface area contributed by atoms with Gasteiger partial charge in [0.05, 0.1) is 0 Å². The maximum atomic E-state index is 12.9. The number of carboxylic acid groups (broad SMARTS) is 1. The van der Waals surface area contributed by atoms with Crippen molar-refractivity contribution in [2.75, 3.05) is 6.54 Å². The molecule has 37 heavy (non-hydrogen) atoms. The van der Waals surface area contributed by atoms with Gasteiger partial charge in [-0.25, -0.2) is 4.79 Å². The molecule has 2 aromatic carbocycles. The standard InChI is InChI=1S/C27H27N3O7/c1-14-17-7-9-22(31)15(2)25(17)37-27(36)18(14)8-10-23(32)30-21(26(35)29-13-24(33)34)11-16-12-28-20-6-4-3-5-19(16)20/h3-7,9,12,21,28,31H,8,10-11,13H2,1-2H3,(H,29,35)(H,30,32)(H,33,34). The minimum Gasteiger partial charge on any atom is -0.508 e. The number of aromatic hydroxyl groups is 1. The number of amides is 2. The molecule has 1 unspecified atom stereocenters. The Morgan fingerprint density at radius 1 is 1.05 bits per heavy atom. The molecule has 0 saturated carbocycles. The summed E-state index contributed by atoms with van der Waals surface area (Å²) >= 11 is 0. The van der Waals surface area contributed by atoms with E-state index in [0.717, 1.165) is 16.5 Å². The van der Waals surface area contributed by atoms with Gasteiger partial charge in [-0.2, -0.15) is 0 Å². The van der Waals surface area contributed by atoms with Crippen LogP contribution in [0.4, 0.5) is 0 Å². The molecule has 2 aromatic heterocycles. The molecule has 0 spiro atoms. The number of H-pyrrole nitrogens is 1. The Morgan fingerprint density at radius 2 is 1.81 bits per heavy atom. The first-order chi connectivity index (χ1) is 17.7. The van der Waals surface area contributed by atoms with Crippen LogP contribution in [0.15, 0.2) is 51.8 Å². The van der Waals surface area contributed by atoms with Gasteiger partial charge in [0.25, 0.3) is 0 Å². The van der Waals surface area contributed by atoms with Crippen molar-refractivity contribution in [3.05, 3.63) is 75.3 Å². The van der Waals surface area contributed by atoms with Crippen LogP contribution in [0.25, 0.3) is 21.9 Å². The highest BCUT2D eigenvalue weighted by molar-refractivity contribution is 5.91. The van der Waals surface area contributed by atoms with Gasteiger partial charge in [0.1, 0.15) is 23.9 Å². The summed E-state index contributed by atoms with van der Waals surface area (Å²) in [6.45, 7) is 2.82. The number of aliphatic carboxylic acids is 1. The van der Waals surface area contributed by atoms with Crippen molar-refractivity contribution >= 4 is 39.7 Å². The van der Waals surface area contributed by atoms with Gasteiger partial charge in [-0.05, 0) is 49.6 Å². The molecule has 1 atom stereocenters. The minimum atomic E-state index is -1.20. The second kappa shape index (κ2) is 10.6. The number of para-hydroxylation sites is 1. The summed E-state index contributed by atoms with van der Waals surface area (Å²) in [5.41, 5.74) is 2.79. The lowest BCUT2D eigenvalue weighted by Crippen LogP contribution is -2.49. The lowest BCUT2D eigenvalue weighted by molar-refractivity contribution is -0.138. The van der Waals surface area contributed by atoms with E-state index in [1.807, 2.05) is 24.3 Å². The van der Waals surface area contributed by atoms with E-state index < -0.39 is 36.0 Å².